The Morgan fingerprint density at radius 2 is 2.25 bits per heavy atom. The molecule has 0 aromatic heterocycles. The Labute approximate surface area is 76.1 Å². The van der Waals surface area contributed by atoms with Crippen LogP contribution in [0, 0.1) is 11.3 Å². The lowest BCUT2D eigenvalue weighted by atomic mass is 9.74. The van der Waals surface area contributed by atoms with Gasteiger partial charge < -0.3 is 10.6 Å². The van der Waals surface area contributed by atoms with Gasteiger partial charge in [-0.15, -0.1) is 0 Å². The van der Waals surface area contributed by atoms with Gasteiger partial charge in [0.1, 0.15) is 0 Å². The van der Waals surface area contributed by atoms with Crippen molar-refractivity contribution in [1.82, 2.24) is 10.6 Å². The van der Waals surface area contributed by atoms with Crippen molar-refractivity contribution in [2.75, 3.05) is 20.1 Å². The first-order valence-corrected chi connectivity index (χ1v) is 5.03. The van der Waals surface area contributed by atoms with Crippen molar-refractivity contribution in [3.63, 3.8) is 0 Å². The second-order valence-electron chi connectivity index (χ2n) is 4.27. The van der Waals surface area contributed by atoms with E-state index in [2.05, 4.69) is 31.4 Å². The van der Waals surface area contributed by atoms with Crippen LogP contribution >= 0.6 is 0 Å². The van der Waals surface area contributed by atoms with Crippen LogP contribution in [0.25, 0.3) is 0 Å². The minimum Gasteiger partial charge on any atom is -0.319 e. The molecule has 72 valence electrons. The van der Waals surface area contributed by atoms with Gasteiger partial charge in [0.05, 0.1) is 0 Å². The van der Waals surface area contributed by atoms with Gasteiger partial charge in [0, 0.05) is 12.6 Å². The van der Waals surface area contributed by atoms with Crippen molar-refractivity contribution in [3.8, 4) is 0 Å². The molecule has 0 aliphatic carbocycles. The molecule has 2 N–H and O–H groups in total. The number of rotatable bonds is 3. The molecule has 0 radical (unpaired) electrons. The molecule has 2 nitrogen and oxygen atoms in total. The van der Waals surface area contributed by atoms with E-state index in [-0.39, 0.29) is 0 Å². The van der Waals surface area contributed by atoms with Crippen LogP contribution in [-0.2, 0) is 0 Å². The van der Waals surface area contributed by atoms with Gasteiger partial charge in [0.15, 0.2) is 0 Å². The summed E-state index contributed by atoms with van der Waals surface area (Å²) in [6.07, 6.45) is 1.29. The van der Waals surface area contributed by atoms with Gasteiger partial charge in [0.25, 0.3) is 0 Å². The van der Waals surface area contributed by atoms with E-state index in [1.54, 1.807) is 0 Å². The molecule has 1 saturated heterocycles. The van der Waals surface area contributed by atoms with Crippen molar-refractivity contribution in [3.05, 3.63) is 0 Å². The number of hydrogen-bond donors (Lipinski definition) is 2. The fourth-order valence-electron chi connectivity index (χ4n) is 2.43. The van der Waals surface area contributed by atoms with Crippen molar-refractivity contribution < 1.29 is 0 Å². The molecule has 1 aliphatic rings. The van der Waals surface area contributed by atoms with Crippen molar-refractivity contribution in [2.24, 2.45) is 11.3 Å². The van der Waals surface area contributed by atoms with Crippen LogP contribution in [0.15, 0.2) is 0 Å². The fourth-order valence-corrected chi connectivity index (χ4v) is 2.43. The van der Waals surface area contributed by atoms with E-state index in [0.29, 0.717) is 11.5 Å². The van der Waals surface area contributed by atoms with E-state index in [4.69, 9.17) is 0 Å². The largest absolute Gasteiger partial charge is 0.319 e. The van der Waals surface area contributed by atoms with Gasteiger partial charge in [-0.25, -0.2) is 0 Å². The van der Waals surface area contributed by atoms with Crippen molar-refractivity contribution in [1.29, 1.82) is 0 Å². The average molecular weight is 170 g/mol. The van der Waals surface area contributed by atoms with Gasteiger partial charge in [-0.05, 0) is 31.8 Å². The summed E-state index contributed by atoms with van der Waals surface area (Å²) in [6.45, 7) is 9.29. The minimum absolute atomic E-state index is 0.448. The molecule has 1 rings (SSSR count). The Bertz CT molecular complexity index is 147. The molecule has 1 heterocycles. The molecule has 1 aliphatic heterocycles. The lowest BCUT2D eigenvalue weighted by Crippen LogP contribution is -2.42. The number of nitrogens with one attached hydrogen (secondary N) is 2. The Morgan fingerprint density at radius 1 is 1.58 bits per heavy atom. The highest BCUT2D eigenvalue weighted by Gasteiger charge is 2.42. The van der Waals surface area contributed by atoms with Crippen molar-refractivity contribution >= 4 is 0 Å². The summed E-state index contributed by atoms with van der Waals surface area (Å²) in [6, 6.07) is 0.648. The molecule has 1 fully saturated rings. The molecular weight excluding hydrogens is 148 g/mol. The highest BCUT2D eigenvalue weighted by molar-refractivity contribution is 4.98. The van der Waals surface area contributed by atoms with E-state index < -0.39 is 0 Å². The first-order valence-electron chi connectivity index (χ1n) is 5.03. The summed E-state index contributed by atoms with van der Waals surface area (Å²) in [5.41, 5.74) is 0.448. The van der Waals surface area contributed by atoms with Crippen LogP contribution < -0.4 is 10.6 Å². The van der Waals surface area contributed by atoms with Gasteiger partial charge in [-0.3, -0.25) is 0 Å². The highest BCUT2D eigenvalue weighted by atomic mass is 15.0. The molecule has 3 unspecified atom stereocenters. The topological polar surface area (TPSA) is 24.1 Å². The summed E-state index contributed by atoms with van der Waals surface area (Å²) >= 11 is 0. The molecule has 0 saturated carbocycles. The van der Waals surface area contributed by atoms with Gasteiger partial charge in [-0.2, -0.15) is 0 Å². The summed E-state index contributed by atoms with van der Waals surface area (Å²) < 4.78 is 0. The Balaban J connectivity index is 2.66. The third-order valence-corrected chi connectivity index (χ3v) is 3.64. The Hall–Kier alpha value is -0.0800. The summed E-state index contributed by atoms with van der Waals surface area (Å²) in [5.74, 6) is 0.833. The van der Waals surface area contributed by atoms with E-state index in [1.807, 2.05) is 7.05 Å². The maximum absolute atomic E-state index is 3.56. The first kappa shape index (κ1) is 10.0. The third-order valence-electron chi connectivity index (χ3n) is 3.64. The van der Waals surface area contributed by atoms with Gasteiger partial charge in [0.2, 0.25) is 0 Å². The first-order chi connectivity index (χ1) is 5.65. The predicted molar refractivity (Wildman–Crippen MR) is 53.3 cm³/mol. The van der Waals surface area contributed by atoms with Crippen LogP contribution in [0.4, 0.5) is 0 Å². The molecule has 0 amide bonds. The van der Waals surface area contributed by atoms with E-state index >= 15 is 0 Å². The molecule has 12 heavy (non-hydrogen) atoms. The zero-order valence-electron chi connectivity index (χ0n) is 8.78. The van der Waals surface area contributed by atoms with E-state index in [0.717, 1.165) is 12.5 Å². The van der Waals surface area contributed by atoms with E-state index in [9.17, 15) is 0 Å². The lowest BCUT2D eigenvalue weighted by Gasteiger charge is -2.34. The van der Waals surface area contributed by atoms with Crippen LogP contribution in [0.2, 0.25) is 0 Å². The third kappa shape index (κ3) is 1.50. The summed E-state index contributed by atoms with van der Waals surface area (Å²) in [7, 11) is 2.04. The molecule has 0 bridgehead atoms. The molecule has 0 aromatic carbocycles. The maximum atomic E-state index is 3.56. The molecule has 0 aromatic rings. The van der Waals surface area contributed by atoms with Crippen LogP contribution in [0.3, 0.4) is 0 Å². The van der Waals surface area contributed by atoms with Crippen molar-refractivity contribution in [2.45, 2.75) is 33.2 Å². The molecular formula is C10H22N2. The summed E-state index contributed by atoms with van der Waals surface area (Å²) in [4.78, 5) is 0. The standard InChI is InChI=1S/C10H22N2/c1-5-9-6-12-8(2)10(9,3)7-11-4/h8-9,11-12H,5-7H2,1-4H3. The minimum atomic E-state index is 0.448. The molecule has 2 heteroatoms. The predicted octanol–water partition coefficient (Wildman–Crippen LogP) is 1.23. The number of hydrogen-bond acceptors (Lipinski definition) is 2. The monoisotopic (exact) mass is 170 g/mol. The zero-order chi connectivity index (χ0) is 9.19. The SMILES string of the molecule is CCC1CNC(C)C1(C)CNC. The Morgan fingerprint density at radius 3 is 2.75 bits per heavy atom. The van der Waals surface area contributed by atoms with Crippen LogP contribution in [0.1, 0.15) is 27.2 Å². The van der Waals surface area contributed by atoms with Crippen LogP contribution in [0.5, 0.6) is 0 Å². The van der Waals surface area contributed by atoms with Crippen LogP contribution in [-0.4, -0.2) is 26.2 Å². The smallest absolute Gasteiger partial charge is 0.0108 e. The van der Waals surface area contributed by atoms with E-state index in [1.165, 1.54) is 13.0 Å². The second kappa shape index (κ2) is 3.75. The second-order valence-corrected chi connectivity index (χ2v) is 4.27. The summed E-state index contributed by atoms with van der Waals surface area (Å²) in [5, 5.41) is 6.86. The molecule has 3 atom stereocenters. The molecule has 0 spiro atoms. The zero-order valence-corrected chi connectivity index (χ0v) is 8.78. The van der Waals surface area contributed by atoms with Gasteiger partial charge >= 0.3 is 0 Å². The average Bonchev–Trinajstić information content (AvgIpc) is 2.30. The maximum Gasteiger partial charge on any atom is 0.0108 e. The fraction of sp³-hybridized carbons (Fsp3) is 1.00. The quantitative estimate of drug-likeness (QED) is 0.665. The normalized spacial score (nSPS) is 42.0. The lowest BCUT2D eigenvalue weighted by molar-refractivity contribution is 0.203. The van der Waals surface area contributed by atoms with Gasteiger partial charge in [-0.1, -0.05) is 20.3 Å². The Kier molecular flexibility index (Phi) is 3.13. The highest BCUT2D eigenvalue weighted by Crippen LogP contribution is 2.37.